The first-order valence-corrected chi connectivity index (χ1v) is 10.5. The van der Waals surface area contributed by atoms with Crippen LogP contribution in [0.2, 0.25) is 0 Å². The predicted octanol–water partition coefficient (Wildman–Crippen LogP) is 3.53. The fourth-order valence-electron chi connectivity index (χ4n) is 3.54. The summed E-state index contributed by atoms with van der Waals surface area (Å²) in [5.41, 5.74) is 1.08. The van der Waals surface area contributed by atoms with Gasteiger partial charge < -0.3 is 15.4 Å². The van der Waals surface area contributed by atoms with Crippen molar-refractivity contribution in [1.29, 1.82) is 0 Å². The van der Waals surface area contributed by atoms with Crippen molar-refractivity contribution in [2.24, 2.45) is 0 Å². The van der Waals surface area contributed by atoms with Crippen molar-refractivity contribution in [2.45, 2.75) is 12.8 Å². The van der Waals surface area contributed by atoms with Crippen LogP contribution in [0.3, 0.4) is 0 Å². The Bertz CT molecular complexity index is 1080. The largest absolute Gasteiger partial charge is 0.491 e. The van der Waals surface area contributed by atoms with Gasteiger partial charge in [0.05, 0.1) is 17.4 Å². The fraction of sp³-hybridized carbons (Fsp3) is 0.261. The van der Waals surface area contributed by atoms with Crippen molar-refractivity contribution < 1.29 is 18.7 Å². The highest BCUT2D eigenvalue weighted by atomic mass is 19.1. The summed E-state index contributed by atoms with van der Waals surface area (Å²) in [5, 5.41) is 11.8. The molecule has 0 saturated carbocycles. The molecule has 1 fully saturated rings. The molecule has 2 heterocycles. The number of hydrogen-bond donors (Lipinski definition) is 3. The van der Waals surface area contributed by atoms with E-state index in [0.29, 0.717) is 23.6 Å². The number of aromatic nitrogens is 2. The van der Waals surface area contributed by atoms with E-state index in [2.05, 4.69) is 25.7 Å². The summed E-state index contributed by atoms with van der Waals surface area (Å²) in [4.78, 5) is 27.8. The van der Waals surface area contributed by atoms with Crippen LogP contribution in [0.15, 0.2) is 54.7 Å². The van der Waals surface area contributed by atoms with Gasteiger partial charge in [-0.2, -0.15) is 5.10 Å². The van der Waals surface area contributed by atoms with E-state index in [1.165, 1.54) is 43.3 Å². The minimum atomic E-state index is -0.514. The lowest BCUT2D eigenvalue weighted by Gasteiger charge is -2.16. The molecule has 0 unspecified atom stereocenters. The van der Waals surface area contributed by atoms with Gasteiger partial charge in [0, 0.05) is 12.2 Å². The summed E-state index contributed by atoms with van der Waals surface area (Å²) in [6.45, 7) is 3.45. The standard InChI is InChI=1S/C23H24FN5O3/c24-16-7-9-17(10-8-16)26-23(31)21-19(15-25-28-21)27-22(30)18-5-1-2-6-20(18)32-14-13-29-11-3-4-12-29/h1-2,5-10,15H,3-4,11-14H2,(H,25,28)(H,26,31)(H,27,30). The number of carbonyl (C=O) groups excluding carboxylic acids is 2. The average molecular weight is 437 g/mol. The molecule has 3 N–H and O–H groups in total. The SMILES string of the molecule is O=C(Nc1cn[nH]c1C(=O)Nc1ccc(F)cc1)c1ccccc1OCCN1CCCC1. The maximum atomic E-state index is 13.1. The van der Waals surface area contributed by atoms with Gasteiger partial charge in [-0.1, -0.05) is 12.1 Å². The van der Waals surface area contributed by atoms with Gasteiger partial charge in [0.25, 0.3) is 11.8 Å². The number of hydrogen-bond acceptors (Lipinski definition) is 5. The van der Waals surface area contributed by atoms with Crippen molar-refractivity contribution in [3.8, 4) is 5.75 Å². The molecular weight excluding hydrogens is 413 g/mol. The molecule has 1 aliphatic heterocycles. The number of carbonyl (C=O) groups is 2. The first kappa shape index (κ1) is 21.5. The van der Waals surface area contributed by atoms with Gasteiger partial charge >= 0.3 is 0 Å². The first-order chi connectivity index (χ1) is 15.6. The highest BCUT2D eigenvalue weighted by molar-refractivity contribution is 6.12. The van der Waals surface area contributed by atoms with Crippen molar-refractivity contribution in [1.82, 2.24) is 15.1 Å². The molecule has 1 saturated heterocycles. The van der Waals surface area contributed by atoms with E-state index in [1.807, 2.05) is 0 Å². The van der Waals surface area contributed by atoms with E-state index < -0.39 is 17.6 Å². The number of rotatable bonds is 8. The Morgan fingerprint density at radius 1 is 1.03 bits per heavy atom. The van der Waals surface area contributed by atoms with Crippen molar-refractivity contribution in [3.63, 3.8) is 0 Å². The summed E-state index contributed by atoms with van der Waals surface area (Å²) in [7, 11) is 0. The lowest BCUT2D eigenvalue weighted by atomic mass is 10.2. The molecule has 0 bridgehead atoms. The maximum absolute atomic E-state index is 13.1. The van der Waals surface area contributed by atoms with Crippen LogP contribution >= 0.6 is 0 Å². The Hall–Kier alpha value is -3.72. The Kier molecular flexibility index (Phi) is 6.76. The number of nitrogens with zero attached hydrogens (tertiary/aromatic N) is 2. The molecule has 1 aromatic heterocycles. The van der Waals surface area contributed by atoms with Crippen LogP contribution in [0, 0.1) is 5.82 Å². The molecule has 4 rings (SSSR count). The van der Waals surface area contributed by atoms with Crippen molar-refractivity contribution in [3.05, 3.63) is 71.8 Å². The lowest BCUT2D eigenvalue weighted by Crippen LogP contribution is -2.25. The van der Waals surface area contributed by atoms with Gasteiger partial charge in [0.15, 0.2) is 0 Å². The summed E-state index contributed by atoms with van der Waals surface area (Å²) >= 11 is 0. The van der Waals surface area contributed by atoms with Gasteiger partial charge in [0.1, 0.15) is 23.9 Å². The molecule has 0 spiro atoms. The number of anilines is 2. The fourth-order valence-corrected chi connectivity index (χ4v) is 3.54. The Morgan fingerprint density at radius 3 is 2.56 bits per heavy atom. The number of aromatic amines is 1. The van der Waals surface area contributed by atoms with Gasteiger partial charge in [-0.3, -0.25) is 19.6 Å². The highest BCUT2D eigenvalue weighted by Crippen LogP contribution is 2.22. The number of benzene rings is 2. The molecular formula is C23H24FN5O3. The second-order valence-electron chi connectivity index (χ2n) is 7.47. The third kappa shape index (κ3) is 5.30. The van der Waals surface area contributed by atoms with Crippen LogP contribution in [-0.4, -0.2) is 53.2 Å². The minimum Gasteiger partial charge on any atom is -0.491 e. The smallest absolute Gasteiger partial charge is 0.275 e. The van der Waals surface area contributed by atoms with Gasteiger partial charge in [-0.05, 0) is 62.3 Å². The van der Waals surface area contributed by atoms with E-state index in [1.54, 1.807) is 24.3 Å². The van der Waals surface area contributed by atoms with Crippen LogP contribution in [0.25, 0.3) is 0 Å². The van der Waals surface area contributed by atoms with Crippen LogP contribution in [0.5, 0.6) is 5.75 Å². The van der Waals surface area contributed by atoms with E-state index in [-0.39, 0.29) is 11.4 Å². The summed E-state index contributed by atoms with van der Waals surface area (Å²) < 4.78 is 18.9. The van der Waals surface area contributed by atoms with Gasteiger partial charge in [0.2, 0.25) is 0 Å². The zero-order valence-corrected chi connectivity index (χ0v) is 17.4. The Balaban J connectivity index is 1.40. The van der Waals surface area contributed by atoms with Crippen LogP contribution < -0.4 is 15.4 Å². The number of H-pyrrole nitrogens is 1. The molecule has 0 atom stereocenters. The number of ether oxygens (including phenoxy) is 1. The van der Waals surface area contributed by atoms with Crippen LogP contribution in [0.4, 0.5) is 15.8 Å². The van der Waals surface area contributed by atoms with Crippen molar-refractivity contribution in [2.75, 3.05) is 36.9 Å². The van der Waals surface area contributed by atoms with Crippen molar-refractivity contribution >= 4 is 23.2 Å². The molecule has 0 aliphatic carbocycles. The second kappa shape index (κ2) is 10.1. The summed E-state index contributed by atoms with van der Waals surface area (Å²) in [6, 6.07) is 12.3. The normalized spacial score (nSPS) is 13.7. The topological polar surface area (TPSA) is 99.3 Å². The van der Waals surface area contributed by atoms with E-state index >= 15 is 0 Å². The number of nitrogens with one attached hydrogen (secondary N) is 3. The maximum Gasteiger partial charge on any atom is 0.275 e. The zero-order chi connectivity index (χ0) is 22.3. The first-order valence-electron chi connectivity index (χ1n) is 10.5. The molecule has 1 aliphatic rings. The van der Waals surface area contributed by atoms with Gasteiger partial charge in [-0.25, -0.2) is 4.39 Å². The average Bonchev–Trinajstić information content (AvgIpc) is 3.48. The molecule has 166 valence electrons. The number of amides is 2. The number of para-hydroxylation sites is 1. The molecule has 0 radical (unpaired) electrons. The van der Waals surface area contributed by atoms with E-state index in [9.17, 15) is 14.0 Å². The van der Waals surface area contributed by atoms with E-state index in [0.717, 1.165) is 19.6 Å². The quantitative estimate of drug-likeness (QED) is 0.501. The summed E-state index contributed by atoms with van der Waals surface area (Å²) in [6.07, 6.45) is 3.77. The Labute approximate surface area is 184 Å². The van der Waals surface area contributed by atoms with Gasteiger partial charge in [-0.15, -0.1) is 0 Å². The molecule has 2 amide bonds. The molecule has 2 aromatic carbocycles. The molecule has 8 nitrogen and oxygen atoms in total. The zero-order valence-electron chi connectivity index (χ0n) is 17.4. The Morgan fingerprint density at radius 2 is 1.78 bits per heavy atom. The van der Waals surface area contributed by atoms with Crippen LogP contribution in [-0.2, 0) is 0 Å². The minimum absolute atomic E-state index is 0.0788. The predicted molar refractivity (Wildman–Crippen MR) is 119 cm³/mol. The molecule has 3 aromatic rings. The lowest BCUT2D eigenvalue weighted by molar-refractivity contribution is 0.102. The third-order valence-electron chi connectivity index (χ3n) is 5.21. The number of likely N-dealkylation sites (tertiary alicyclic amines) is 1. The third-order valence-corrected chi connectivity index (χ3v) is 5.21. The summed E-state index contributed by atoms with van der Waals surface area (Å²) in [5.74, 6) is -0.859. The highest BCUT2D eigenvalue weighted by Gasteiger charge is 2.19. The monoisotopic (exact) mass is 437 g/mol. The second-order valence-corrected chi connectivity index (χ2v) is 7.47. The van der Waals surface area contributed by atoms with E-state index in [4.69, 9.17) is 4.74 Å². The number of halogens is 1. The van der Waals surface area contributed by atoms with Crippen LogP contribution in [0.1, 0.15) is 33.7 Å². The molecule has 32 heavy (non-hydrogen) atoms. The molecule has 9 heteroatoms.